The Morgan fingerprint density at radius 2 is 1.64 bits per heavy atom. The molecule has 1 aromatic carbocycles. The van der Waals surface area contributed by atoms with Gasteiger partial charge in [-0.3, -0.25) is 4.21 Å². The maximum atomic E-state index is 11.7. The number of aromatic carboxylic acids is 1. The number of hydrogen-bond donors (Lipinski definition) is 2. The molecule has 0 radical (unpaired) electrons. The maximum absolute atomic E-state index is 11.7. The fourth-order valence-corrected chi connectivity index (χ4v) is 12.9. The van der Waals surface area contributed by atoms with Crippen LogP contribution in [0.4, 0.5) is 0 Å². The van der Waals surface area contributed by atoms with E-state index < -0.39 is 16.8 Å². The van der Waals surface area contributed by atoms with E-state index in [-0.39, 0.29) is 10.8 Å². The lowest BCUT2D eigenvalue weighted by molar-refractivity contribution is -0.222. The van der Waals surface area contributed by atoms with E-state index >= 15 is 0 Å². The molecule has 0 aliphatic heterocycles. The Kier molecular flexibility index (Phi) is 9.78. The van der Waals surface area contributed by atoms with E-state index in [2.05, 4.69) is 52.6 Å². The third-order valence-corrected chi connectivity index (χ3v) is 15.4. The number of fused-ring (bicyclic) bond motifs is 7. The second-order valence-electron chi connectivity index (χ2n) is 16.8. The summed E-state index contributed by atoms with van der Waals surface area (Å²) in [5, 5.41) is 13.2. The largest absolute Gasteiger partial charge is 0.478 e. The zero-order chi connectivity index (χ0) is 32.8. The van der Waals surface area contributed by atoms with Gasteiger partial charge in [0.25, 0.3) is 0 Å². The molecule has 5 aliphatic carbocycles. The van der Waals surface area contributed by atoms with Gasteiger partial charge in [-0.25, -0.2) is 4.79 Å². The molecule has 0 spiro atoms. The van der Waals surface area contributed by atoms with E-state index in [1.54, 1.807) is 18.2 Å². The SMILES string of the molecule is C=CC.CS(=O)CCNCC12CCCC1C1CCC3C4(C)CC=C(c5ccc(C(=O)O)cc5)C(C)(C)C4CCC3(C)[C@]1(C)CC2. The number of carboxylic acids is 1. The van der Waals surface area contributed by atoms with E-state index in [1.165, 1.54) is 68.9 Å². The average molecular weight is 636 g/mol. The molecular weight excluding hydrogens is 575 g/mol. The van der Waals surface area contributed by atoms with Gasteiger partial charge in [-0.15, -0.1) is 6.58 Å². The summed E-state index contributed by atoms with van der Waals surface area (Å²) >= 11 is 0. The minimum Gasteiger partial charge on any atom is -0.478 e. The Bertz CT molecular complexity index is 1320. The second-order valence-corrected chi connectivity index (χ2v) is 18.4. The summed E-state index contributed by atoms with van der Waals surface area (Å²) in [6, 6.07) is 7.61. The summed E-state index contributed by atoms with van der Waals surface area (Å²) in [6.45, 7) is 20.3. The molecule has 0 bridgehead atoms. The van der Waals surface area contributed by atoms with Crippen molar-refractivity contribution in [1.29, 1.82) is 0 Å². The molecule has 2 N–H and O–H groups in total. The zero-order valence-electron chi connectivity index (χ0n) is 29.3. The lowest BCUT2D eigenvalue weighted by Crippen LogP contribution is -2.65. The molecule has 8 unspecified atom stereocenters. The number of carbonyl (C=O) groups is 1. The first-order valence-corrected chi connectivity index (χ1v) is 19.5. The van der Waals surface area contributed by atoms with Gasteiger partial charge in [-0.1, -0.05) is 65.3 Å². The molecule has 0 heterocycles. The van der Waals surface area contributed by atoms with Crippen LogP contribution in [0.2, 0.25) is 0 Å². The summed E-state index contributed by atoms with van der Waals surface area (Å²) in [5.41, 5.74) is 4.53. The zero-order valence-corrected chi connectivity index (χ0v) is 30.2. The van der Waals surface area contributed by atoms with E-state index in [9.17, 15) is 14.1 Å². The van der Waals surface area contributed by atoms with Crippen LogP contribution < -0.4 is 5.32 Å². The highest BCUT2D eigenvalue weighted by molar-refractivity contribution is 7.84. The number of hydrogen-bond acceptors (Lipinski definition) is 3. The van der Waals surface area contributed by atoms with Crippen molar-refractivity contribution in [3.05, 3.63) is 54.1 Å². The average Bonchev–Trinajstić information content (AvgIpc) is 3.40. The van der Waals surface area contributed by atoms with Gasteiger partial charge < -0.3 is 10.4 Å². The number of carboxylic acid groups (broad SMARTS) is 1. The summed E-state index contributed by atoms with van der Waals surface area (Å²) < 4.78 is 11.7. The normalized spacial score (nSPS) is 40.3. The molecule has 0 amide bonds. The van der Waals surface area contributed by atoms with Crippen LogP contribution in [0.3, 0.4) is 0 Å². The first-order valence-electron chi connectivity index (χ1n) is 17.8. The van der Waals surface area contributed by atoms with Crippen molar-refractivity contribution in [2.24, 2.45) is 50.7 Å². The fraction of sp³-hybridized carbons (Fsp3) is 0.725. The first kappa shape index (κ1) is 34.6. The standard InChI is InChI=1S/C37H55NO3S.C3H6/c1-33(2)27(25-9-11-26(12-10-25)32(39)40)15-18-34(3)30(33)16-19-36(5)31(34)14-13-28-29-8-7-17-37(29,21-20-35(28,36)4)24-38-22-23-42(6)41;1-3-2/h9-12,15,28-31,38H,7-8,13-14,16-24H2,1-6H3,(H,39,40);3H,1H2,2H3/t28?,29?,30?,31?,34?,35-,36?,37?,42?;/m1./s1. The van der Waals surface area contributed by atoms with Gasteiger partial charge >= 0.3 is 5.97 Å². The van der Waals surface area contributed by atoms with Crippen LogP contribution in [0, 0.1) is 50.7 Å². The van der Waals surface area contributed by atoms with Crippen LogP contribution in [-0.2, 0) is 10.8 Å². The predicted molar refractivity (Wildman–Crippen MR) is 190 cm³/mol. The third kappa shape index (κ3) is 5.64. The van der Waals surface area contributed by atoms with Crippen LogP contribution in [0.1, 0.15) is 122 Å². The Balaban J connectivity index is 0.00000128. The highest BCUT2D eigenvalue weighted by Gasteiger charge is 2.69. The quantitative estimate of drug-likeness (QED) is 0.231. The summed E-state index contributed by atoms with van der Waals surface area (Å²) in [6.07, 6.45) is 19.5. The van der Waals surface area contributed by atoms with Crippen LogP contribution in [0.5, 0.6) is 0 Å². The molecule has 4 fully saturated rings. The van der Waals surface area contributed by atoms with Gasteiger partial charge in [0, 0.05) is 35.9 Å². The molecule has 0 aromatic heterocycles. The highest BCUT2D eigenvalue weighted by atomic mass is 32.2. The Morgan fingerprint density at radius 1 is 0.956 bits per heavy atom. The Morgan fingerprint density at radius 3 is 2.29 bits per heavy atom. The van der Waals surface area contributed by atoms with Gasteiger partial charge in [0.2, 0.25) is 0 Å². The Hall–Kier alpha value is -1.72. The van der Waals surface area contributed by atoms with Crippen LogP contribution in [0.15, 0.2) is 43.0 Å². The van der Waals surface area contributed by atoms with Crippen LogP contribution >= 0.6 is 0 Å². The molecule has 1 aromatic rings. The molecule has 45 heavy (non-hydrogen) atoms. The molecule has 5 heteroatoms. The van der Waals surface area contributed by atoms with E-state index in [1.807, 2.05) is 25.3 Å². The molecule has 250 valence electrons. The number of allylic oxidation sites excluding steroid dienone is 3. The highest BCUT2D eigenvalue weighted by Crippen LogP contribution is 2.77. The van der Waals surface area contributed by atoms with Gasteiger partial charge in [-0.05, 0) is 139 Å². The molecule has 0 saturated heterocycles. The molecule has 4 nitrogen and oxygen atoms in total. The molecule has 4 saturated carbocycles. The summed E-state index contributed by atoms with van der Waals surface area (Å²) in [4.78, 5) is 11.5. The summed E-state index contributed by atoms with van der Waals surface area (Å²) in [5.74, 6) is 2.94. The van der Waals surface area contributed by atoms with Gasteiger partial charge in [0.1, 0.15) is 0 Å². The van der Waals surface area contributed by atoms with E-state index in [0.717, 1.165) is 43.0 Å². The Labute approximate surface area is 276 Å². The van der Waals surface area contributed by atoms with Gasteiger partial charge in [0.05, 0.1) is 5.56 Å². The van der Waals surface area contributed by atoms with Crippen molar-refractivity contribution in [3.8, 4) is 0 Å². The van der Waals surface area contributed by atoms with Crippen molar-refractivity contribution in [3.63, 3.8) is 0 Å². The van der Waals surface area contributed by atoms with Crippen molar-refractivity contribution in [2.45, 2.75) is 106 Å². The minimum atomic E-state index is -0.857. The number of nitrogens with one attached hydrogen (secondary N) is 1. The van der Waals surface area contributed by atoms with Gasteiger partial charge in [0.15, 0.2) is 0 Å². The van der Waals surface area contributed by atoms with E-state index in [0.29, 0.717) is 27.7 Å². The fourth-order valence-electron chi connectivity index (χ4n) is 12.5. The van der Waals surface area contributed by atoms with Gasteiger partial charge in [-0.2, -0.15) is 0 Å². The monoisotopic (exact) mass is 635 g/mol. The van der Waals surface area contributed by atoms with Crippen molar-refractivity contribution in [1.82, 2.24) is 5.32 Å². The minimum absolute atomic E-state index is 0.0534. The van der Waals surface area contributed by atoms with Crippen molar-refractivity contribution in [2.75, 3.05) is 25.1 Å². The van der Waals surface area contributed by atoms with E-state index in [4.69, 9.17) is 0 Å². The first-order chi connectivity index (χ1) is 21.2. The molecular formula is C40H61NO3S. The number of benzene rings is 1. The third-order valence-electron chi connectivity index (χ3n) is 14.6. The predicted octanol–water partition coefficient (Wildman–Crippen LogP) is 9.39. The van der Waals surface area contributed by atoms with Crippen molar-refractivity contribution < 1.29 is 14.1 Å². The summed E-state index contributed by atoms with van der Waals surface area (Å²) in [7, 11) is -0.722. The molecule has 5 aliphatic rings. The second kappa shape index (κ2) is 12.7. The lowest BCUT2D eigenvalue weighted by atomic mass is 9.32. The van der Waals surface area contributed by atoms with Crippen LogP contribution in [-0.4, -0.2) is 40.4 Å². The topological polar surface area (TPSA) is 66.4 Å². The van der Waals surface area contributed by atoms with Crippen molar-refractivity contribution >= 4 is 22.3 Å². The maximum Gasteiger partial charge on any atom is 0.335 e. The smallest absolute Gasteiger partial charge is 0.335 e. The lowest BCUT2D eigenvalue weighted by Gasteiger charge is -2.72. The number of rotatable bonds is 7. The molecule has 9 atom stereocenters. The van der Waals surface area contributed by atoms with Crippen LogP contribution in [0.25, 0.3) is 5.57 Å². The molecule has 6 rings (SSSR count).